The second kappa shape index (κ2) is 5.14. The molecule has 0 bridgehead atoms. The van der Waals surface area contributed by atoms with Crippen LogP contribution in [0.4, 0.5) is 5.82 Å². The van der Waals surface area contributed by atoms with Crippen LogP contribution < -0.4 is 5.32 Å². The summed E-state index contributed by atoms with van der Waals surface area (Å²) in [5.74, 6) is 0.950. The minimum atomic E-state index is 0.865. The number of anilines is 1. The second-order valence-corrected chi connectivity index (χ2v) is 3.76. The molecule has 0 amide bonds. The number of aryl methyl sites for hydroxylation is 1. The van der Waals surface area contributed by atoms with Crippen molar-refractivity contribution in [2.75, 3.05) is 44.7 Å². The Morgan fingerprint density at radius 3 is 2.93 bits per heavy atom. The van der Waals surface area contributed by atoms with Crippen molar-refractivity contribution >= 4 is 5.82 Å². The molecule has 1 aliphatic heterocycles. The minimum absolute atomic E-state index is 0.865. The quantitative estimate of drug-likeness (QED) is 0.769. The van der Waals surface area contributed by atoms with Crippen LogP contribution >= 0.6 is 0 Å². The maximum absolute atomic E-state index is 5.29. The normalized spacial score (nSPS) is 17.9. The lowest BCUT2D eigenvalue weighted by Crippen LogP contribution is -2.39. The lowest BCUT2D eigenvalue weighted by Gasteiger charge is -2.26. The van der Waals surface area contributed by atoms with Crippen molar-refractivity contribution in [2.24, 2.45) is 7.05 Å². The standard InChI is InChI=1S/C10H18N4O/c1-13-4-2-10(12-13)11-3-5-14-6-8-15-9-7-14/h2,4H,3,5-9H2,1H3,(H,11,12). The van der Waals surface area contributed by atoms with E-state index in [9.17, 15) is 0 Å². The molecule has 0 spiro atoms. The van der Waals surface area contributed by atoms with Gasteiger partial charge in [0.15, 0.2) is 0 Å². The van der Waals surface area contributed by atoms with Gasteiger partial charge in [-0.05, 0) is 0 Å². The maximum Gasteiger partial charge on any atom is 0.148 e. The zero-order valence-corrected chi connectivity index (χ0v) is 9.15. The Hall–Kier alpha value is -1.07. The molecule has 2 heterocycles. The van der Waals surface area contributed by atoms with Gasteiger partial charge in [0.2, 0.25) is 0 Å². The molecule has 1 saturated heterocycles. The number of nitrogens with zero attached hydrogens (tertiary/aromatic N) is 3. The number of hydrogen-bond acceptors (Lipinski definition) is 4. The maximum atomic E-state index is 5.29. The lowest BCUT2D eigenvalue weighted by molar-refractivity contribution is 0.0398. The number of morpholine rings is 1. The molecule has 1 aliphatic rings. The smallest absolute Gasteiger partial charge is 0.148 e. The number of ether oxygens (including phenoxy) is 1. The van der Waals surface area contributed by atoms with Gasteiger partial charge in [-0.3, -0.25) is 9.58 Å². The molecular formula is C10H18N4O. The van der Waals surface area contributed by atoms with Crippen molar-refractivity contribution in [1.29, 1.82) is 0 Å². The van der Waals surface area contributed by atoms with E-state index in [1.165, 1.54) is 0 Å². The summed E-state index contributed by atoms with van der Waals surface area (Å²) in [5.41, 5.74) is 0. The van der Waals surface area contributed by atoms with E-state index in [1.54, 1.807) is 4.68 Å². The van der Waals surface area contributed by atoms with Gasteiger partial charge in [-0.15, -0.1) is 0 Å². The van der Waals surface area contributed by atoms with E-state index >= 15 is 0 Å². The van der Waals surface area contributed by atoms with Crippen LogP contribution in [0.5, 0.6) is 0 Å². The number of rotatable bonds is 4. The van der Waals surface area contributed by atoms with Gasteiger partial charge in [0.05, 0.1) is 13.2 Å². The molecule has 0 radical (unpaired) electrons. The summed E-state index contributed by atoms with van der Waals surface area (Å²) in [7, 11) is 1.92. The van der Waals surface area contributed by atoms with Crippen LogP contribution in [0.25, 0.3) is 0 Å². The third-order valence-corrected chi connectivity index (χ3v) is 2.55. The van der Waals surface area contributed by atoms with Gasteiger partial charge in [0.1, 0.15) is 5.82 Å². The Morgan fingerprint density at radius 2 is 2.27 bits per heavy atom. The van der Waals surface area contributed by atoms with Crippen molar-refractivity contribution in [3.8, 4) is 0 Å². The van der Waals surface area contributed by atoms with Gasteiger partial charge < -0.3 is 10.1 Å². The molecule has 0 saturated carbocycles. The first-order chi connectivity index (χ1) is 7.34. The fraction of sp³-hybridized carbons (Fsp3) is 0.700. The van der Waals surface area contributed by atoms with Crippen LogP contribution in [0.3, 0.4) is 0 Å². The Morgan fingerprint density at radius 1 is 1.47 bits per heavy atom. The van der Waals surface area contributed by atoms with Crippen molar-refractivity contribution in [1.82, 2.24) is 14.7 Å². The van der Waals surface area contributed by atoms with Crippen molar-refractivity contribution in [3.63, 3.8) is 0 Å². The molecule has 0 atom stereocenters. The predicted octanol–water partition coefficient (Wildman–Crippen LogP) is 0.164. The van der Waals surface area contributed by atoms with Crippen LogP contribution in [-0.4, -0.2) is 54.1 Å². The predicted molar refractivity (Wildman–Crippen MR) is 59.0 cm³/mol. The summed E-state index contributed by atoms with van der Waals surface area (Å²) in [4.78, 5) is 2.40. The van der Waals surface area contributed by atoms with Gasteiger partial charge in [-0.2, -0.15) is 5.10 Å². The van der Waals surface area contributed by atoms with Crippen LogP contribution in [0.15, 0.2) is 12.3 Å². The second-order valence-electron chi connectivity index (χ2n) is 3.76. The molecule has 0 aromatic carbocycles. The van der Waals surface area contributed by atoms with Gasteiger partial charge in [-0.1, -0.05) is 0 Å². The molecule has 1 fully saturated rings. The minimum Gasteiger partial charge on any atom is -0.379 e. The average molecular weight is 210 g/mol. The first kappa shape index (κ1) is 10.4. The summed E-state index contributed by atoms with van der Waals surface area (Å²) in [6.45, 7) is 5.82. The average Bonchev–Trinajstić information content (AvgIpc) is 2.66. The van der Waals surface area contributed by atoms with Crippen LogP contribution in [0, 0.1) is 0 Å². The number of aromatic nitrogens is 2. The van der Waals surface area contributed by atoms with E-state index < -0.39 is 0 Å². The zero-order valence-electron chi connectivity index (χ0n) is 9.15. The Bertz CT molecular complexity index is 293. The highest BCUT2D eigenvalue weighted by Gasteiger charge is 2.09. The first-order valence-corrected chi connectivity index (χ1v) is 5.38. The summed E-state index contributed by atoms with van der Waals surface area (Å²) in [5, 5.41) is 7.55. The highest BCUT2D eigenvalue weighted by Crippen LogP contribution is 2.01. The Labute approximate surface area is 90.0 Å². The van der Waals surface area contributed by atoms with Crippen LogP contribution in [-0.2, 0) is 11.8 Å². The zero-order chi connectivity index (χ0) is 10.5. The van der Waals surface area contributed by atoms with Crippen molar-refractivity contribution in [2.45, 2.75) is 0 Å². The molecule has 1 aromatic heterocycles. The van der Waals surface area contributed by atoms with Crippen LogP contribution in [0.2, 0.25) is 0 Å². The molecule has 5 heteroatoms. The highest BCUT2D eigenvalue weighted by atomic mass is 16.5. The monoisotopic (exact) mass is 210 g/mol. The largest absolute Gasteiger partial charge is 0.379 e. The van der Waals surface area contributed by atoms with Gasteiger partial charge in [0.25, 0.3) is 0 Å². The van der Waals surface area contributed by atoms with Gasteiger partial charge in [-0.25, -0.2) is 0 Å². The third kappa shape index (κ3) is 3.21. The SMILES string of the molecule is Cn1ccc(NCCN2CCOCC2)n1. The van der Waals surface area contributed by atoms with Crippen molar-refractivity contribution < 1.29 is 4.74 Å². The topological polar surface area (TPSA) is 42.3 Å². The summed E-state index contributed by atoms with van der Waals surface area (Å²) < 4.78 is 7.09. The van der Waals surface area contributed by atoms with Crippen LogP contribution in [0.1, 0.15) is 0 Å². The fourth-order valence-electron chi connectivity index (χ4n) is 1.68. The van der Waals surface area contributed by atoms with E-state index in [0.717, 1.165) is 45.2 Å². The summed E-state index contributed by atoms with van der Waals surface area (Å²) in [6, 6.07) is 1.99. The van der Waals surface area contributed by atoms with E-state index in [1.807, 2.05) is 19.3 Å². The molecule has 0 unspecified atom stereocenters. The van der Waals surface area contributed by atoms with E-state index in [2.05, 4.69) is 15.3 Å². The number of hydrogen-bond donors (Lipinski definition) is 1. The molecule has 0 aliphatic carbocycles. The molecule has 1 N–H and O–H groups in total. The molecule has 15 heavy (non-hydrogen) atoms. The molecule has 2 rings (SSSR count). The summed E-state index contributed by atoms with van der Waals surface area (Å²) >= 11 is 0. The molecule has 84 valence electrons. The number of nitrogens with one attached hydrogen (secondary N) is 1. The summed E-state index contributed by atoms with van der Waals surface area (Å²) in [6.07, 6.45) is 1.94. The van der Waals surface area contributed by atoms with E-state index in [0.29, 0.717) is 0 Å². The Balaban J connectivity index is 1.65. The third-order valence-electron chi connectivity index (χ3n) is 2.55. The van der Waals surface area contributed by atoms with E-state index in [-0.39, 0.29) is 0 Å². The first-order valence-electron chi connectivity index (χ1n) is 5.38. The van der Waals surface area contributed by atoms with Gasteiger partial charge >= 0.3 is 0 Å². The Kier molecular flexibility index (Phi) is 3.58. The fourth-order valence-corrected chi connectivity index (χ4v) is 1.68. The van der Waals surface area contributed by atoms with Crippen molar-refractivity contribution in [3.05, 3.63) is 12.3 Å². The lowest BCUT2D eigenvalue weighted by atomic mass is 10.4. The molecular weight excluding hydrogens is 192 g/mol. The highest BCUT2D eigenvalue weighted by molar-refractivity contribution is 5.31. The van der Waals surface area contributed by atoms with Gasteiger partial charge in [0, 0.05) is 45.5 Å². The van der Waals surface area contributed by atoms with E-state index in [4.69, 9.17) is 4.74 Å². The molecule has 5 nitrogen and oxygen atoms in total. The molecule has 1 aromatic rings.